The van der Waals surface area contributed by atoms with Gasteiger partial charge in [0.15, 0.2) is 0 Å². The molecule has 0 aromatic heterocycles. The summed E-state index contributed by atoms with van der Waals surface area (Å²) in [6.45, 7) is 3.97. The second-order valence-electron chi connectivity index (χ2n) is 4.17. The lowest BCUT2D eigenvalue weighted by Crippen LogP contribution is -2.17. The highest BCUT2D eigenvalue weighted by atomic mass is 16.5. The molecule has 0 amide bonds. The minimum Gasteiger partial charge on any atom is -0.508 e. The van der Waals surface area contributed by atoms with Gasteiger partial charge in [-0.15, -0.1) is 0 Å². The SMILES string of the molecule is C1CCOC1.CC(N)Cc1ccc(O)cc1. The highest BCUT2D eigenvalue weighted by Gasteiger charge is 1.96. The molecule has 1 aliphatic rings. The summed E-state index contributed by atoms with van der Waals surface area (Å²) in [5.74, 6) is 0.304. The van der Waals surface area contributed by atoms with Crippen molar-refractivity contribution in [2.45, 2.75) is 32.2 Å². The van der Waals surface area contributed by atoms with E-state index in [-0.39, 0.29) is 6.04 Å². The lowest BCUT2D eigenvalue weighted by molar-refractivity contribution is 0.198. The van der Waals surface area contributed by atoms with Crippen molar-refractivity contribution in [3.63, 3.8) is 0 Å². The molecule has 0 aliphatic carbocycles. The minimum atomic E-state index is 0.180. The molecule has 3 N–H and O–H groups in total. The van der Waals surface area contributed by atoms with Crippen molar-refractivity contribution in [2.24, 2.45) is 5.73 Å². The number of hydrogen-bond donors (Lipinski definition) is 2. The summed E-state index contributed by atoms with van der Waals surface area (Å²) in [6.07, 6.45) is 3.42. The molecule has 1 aromatic rings. The van der Waals surface area contributed by atoms with Crippen LogP contribution in [0.5, 0.6) is 5.75 Å². The molecule has 1 unspecified atom stereocenters. The van der Waals surface area contributed by atoms with Gasteiger partial charge in [-0.2, -0.15) is 0 Å². The molecule has 1 atom stereocenters. The number of aromatic hydroxyl groups is 1. The Morgan fingerprint density at radius 3 is 2.19 bits per heavy atom. The average molecular weight is 223 g/mol. The fourth-order valence-electron chi connectivity index (χ4n) is 1.51. The minimum absolute atomic E-state index is 0.180. The molecule has 3 nitrogen and oxygen atoms in total. The maximum absolute atomic E-state index is 8.96. The van der Waals surface area contributed by atoms with Crippen LogP contribution in [0.15, 0.2) is 24.3 Å². The Morgan fingerprint density at radius 2 is 1.81 bits per heavy atom. The van der Waals surface area contributed by atoms with Crippen LogP contribution in [0.1, 0.15) is 25.3 Å². The second kappa shape index (κ2) is 7.25. The molecule has 0 saturated carbocycles. The average Bonchev–Trinajstić information content (AvgIpc) is 2.79. The van der Waals surface area contributed by atoms with E-state index in [0.717, 1.165) is 25.2 Å². The van der Waals surface area contributed by atoms with Crippen LogP contribution in [0.3, 0.4) is 0 Å². The summed E-state index contributed by atoms with van der Waals surface area (Å²) in [4.78, 5) is 0. The van der Waals surface area contributed by atoms with Crippen LogP contribution in [-0.4, -0.2) is 24.4 Å². The van der Waals surface area contributed by atoms with Crippen LogP contribution in [0.4, 0.5) is 0 Å². The molecule has 1 heterocycles. The summed E-state index contributed by atoms with van der Waals surface area (Å²) < 4.78 is 4.94. The van der Waals surface area contributed by atoms with E-state index in [1.165, 1.54) is 12.8 Å². The Labute approximate surface area is 97.2 Å². The van der Waals surface area contributed by atoms with E-state index in [2.05, 4.69) is 0 Å². The van der Waals surface area contributed by atoms with Gasteiger partial charge < -0.3 is 15.6 Å². The number of rotatable bonds is 2. The molecular weight excluding hydrogens is 202 g/mol. The third-order valence-electron chi connectivity index (χ3n) is 2.32. The summed E-state index contributed by atoms with van der Waals surface area (Å²) in [6, 6.07) is 7.31. The molecule has 90 valence electrons. The molecule has 1 fully saturated rings. The van der Waals surface area contributed by atoms with Gasteiger partial charge in [0, 0.05) is 19.3 Å². The lowest BCUT2D eigenvalue weighted by atomic mass is 10.1. The molecule has 0 spiro atoms. The van der Waals surface area contributed by atoms with Crippen LogP contribution in [0.2, 0.25) is 0 Å². The van der Waals surface area contributed by atoms with Gasteiger partial charge in [0.05, 0.1) is 0 Å². The van der Waals surface area contributed by atoms with Crippen LogP contribution < -0.4 is 5.73 Å². The summed E-state index contributed by atoms with van der Waals surface area (Å²) in [7, 11) is 0. The van der Waals surface area contributed by atoms with Gasteiger partial charge >= 0.3 is 0 Å². The molecular formula is C13H21NO2. The summed E-state index contributed by atoms with van der Waals surface area (Å²) in [5.41, 5.74) is 6.76. The zero-order valence-corrected chi connectivity index (χ0v) is 9.86. The van der Waals surface area contributed by atoms with E-state index in [0.29, 0.717) is 5.75 Å². The Morgan fingerprint density at radius 1 is 1.25 bits per heavy atom. The normalized spacial score (nSPS) is 16.4. The van der Waals surface area contributed by atoms with Gasteiger partial charge in [0.25, 0.3) is 0 Å². The lowest BCUT2D eigenvalue weighted by Gasteiger charge is -2.03. The highest BCUT2D eigenvalue weighted by Crippen LogP contribution is 2.10. The van der Waals surface area contributed by atoms with E-state index in [9.17, 15) is 0 Å². The predicted molar refractivity (Wildman–Crippen MR) is 65.5 cm³/mol. The number of nitrogens with two attached hydrogens (primary N) is 1. The van der Waals surface area contributed by atoms with Crippen LogP contribution >= 0.6 is 0 Å². The maximum Gasteiger partial charge on any atom is 0.115 e. The second-order valence-corrected chi connectivity index (χ2v) is 4.17. The van der Waals surface area contributed by atoms with E-state index >= 15 is 0 Å². The zero-order valence-electron chi connectivity index (χ0n) is 9.86. The van der Waals surface area contributed by atoms with Crippen molar-refractivity contribution in [3.05, 3.63) is 29.8 Å². The number of benzene rings is 1. The predicted octanol–water partition coefficient (Wildman–Crippen LogP) is 2.08. The van der Waals surface area contributed by atoms with Gasteiger partial charge in [-0.3, -0.25) is 0 Å². The summed E-state index contributed by atoms with van der Waals surface area (Å²) in [5, 5.41) is 8.96. The molecule has 0 bridgehead atoms. The van der Waals surface area contributed by atoms with Crippen LogP contribution in [-0.2, 0) is 11.2 Å². The topological polar surface area (TPSA) is 55.5 Å². The largest absolute Gasteiger partial charge is 0.508 e. The Bertz CT molecular complexity index is 271. The molecule has 1 saturated heterocycles. The van der Waals surface area contributed by atoms with Crippen LogP contribution in [0, 0.1) is 0 Å². The smallest absolute Gasteiger partial charge is 0.115 e. The Balaban J connectivity index is 0.000000212. The first-order valence-corrected chi connectivity index (χ1v) is 5.79. The number of hydrogen-bond acceptors (Lipinski definition) is 3. The standard InChI is InChI=1S/C9H13NO.C4H8O/c1-7(10)6-8-2-4-9(11)5-3-8;1-2-4-5-3-1/h2-5,7,11H,6,10H2,1H3;1-4H2. The molecule has 16 heavy (non-hydrogen) atoms. The molecule has 2 rings (SSSR count). The van der Waals surface area contributed by atoms with Gasteiger partial charge in [-0.25, -0.2) is 0 Å². The third kappa shape index (κ3) is 5.73. The van der Waals surface area contributed by atoms with Crippen molar-refractivity contribution in [1.82, 2.24) is 0 Å². The zero-order chi connectivity index (χ0) is 11.8. The van der Waals surface area contributed by atoms with E-state index < -0.39 is 0 Å². The fourth-order valence-corrected chi connectivity index (χ4v) is 1.51. The van der Waals surface area contributed by atoms with Gasteiger partial charge in [0.2, 0.25) is 0 Å². The molecule has 3 heteroatoms. The van der Waals surface area contributed by atoms with Gasteiger partial charge in [-0.1, -0.05) is 12.1 Å². The van der Waals surface area contributed by atoms with Gasteiger partial charge in [0.1, 0.15) is 5.75 Å². The summed E-state index contributed by atoms with van der Waals surface area (Å²) >= 11 is 0. The molecule has 1 aromatic carbocycles. The Hall–Kier alpha value is -1.06. The first-order valence-electron chi connectivity index (χ1n) is 5.79. The van der Waals surface area contributed by atoms with Crippen molar-refractivity contribution in [3.8, 4) is 5.75 Å². The van der Waals surface area contributed by atoms with Crippen LogP contribution in [0.25, 0.3) is 0 Å². The quantitative estimate of drug-likeness (QED) is 0.807. The van der Waals surface area contributed by atoms with Crippen molar-refractivity contribution in [2.75, 3.05) is 13.2 Å². The maximum atomic E-state index is 8.96. The van der Waals surface area contributed by atoms with Crippen molar-refractivity contribution >= 4 is 0 Å². The molecule has 0 radical (unpaired) electrons. The molecule has 1 aliphatic heterocycles. The van der Waals surface area contributed by atoms with Crippen molar-refractivity contribution in [1.29, 1.82) is 0 Å². The number of ether oxygens (including phenoxy) is 1. The van der Waals surface area contributed by atoms with E-state index in [1.807, 2.05) is 19.1 Å². The van der Waals surface area contributed by atoms with E-state index in [1.54, 1.807) is 12.1 Å². The highest BCUT2D eigenvalue weighted by molar-refractivity contribution is 5.26. The number of phenols is 1. The third-order valence-corrected chi connectivity index (χ3v) is 2.32. The van der Waals surface area contributed by atoms with E-state index in [4.69, 9.17) is 15.6 Å². The first-order chi connectivity index (χ1) is 7.68. The Kier molecular flexibility index (Phi) is 5.90. The van der Waals surface area contributed by atoms with Gasteiger partial charge in [-0.05, 0) is 43.9 Å². The first kappa shape index (κ1) is 13.0. The number of phenolic OH excluding ortho intramolecular Hbond substituents is 1. The monoisotopic (exact) mass is 223 g/mol. The fraction of sp³-hybridized carbons (Fsp3) is 0.538. The van der Waals surface area contributed by atoms with Crippen molar-refractivity contribution < 1.29 is 9.84 Å².